The van der Waals surface area contributed by atoms with Crippen molar-refractivity contribution in [1.29, 1.82) is 0 Å². The second kappa shape index (κ2) is 8.20. The van der Waals surface area contributed by atoms with Crippen LogP contribution in [0.4, 0.5) is 23.2 Å². The van der Waals surface area contributed by atoms with E-state index in [4.69, 9.17) is 5.41 Å². The van der Waals surface area contributed by atoms with Crippen molar-refractivity contribution in [3.63, 3.8) is 0 Å². The van der Waals surface area contributed by atoms with E-state index < -0.39 is 29.9 Å². The molecule has 1 unspecified atom stereocenters. The molecule has 1 atom stereocenters. The van der Waals surface area contributed by atoms with Gasteiger partial charge in [0.1, 0.15) is 11.6 Å². The van der Waals surface area contributed by atoms with Gasteiger partial charge in [-0.05, 0) is 42.0 Å². The number of anilines is 1. The molecule has 1 aliphatic rings. The number of carbonyl (C=O) groups excluding carboxylic acids is 1. The molecular weight excluding hydrogens is 364 g/mol. The van der Waals surface area contributed by atoms with Gasteiger partial charge in [0.25, 0.3) is 0 Å². The molecule has 1 amide bonds. The van der Waals surface area contributed by atoms with Crippen molar-refractivity contribution in [1.82, 2.24) is 0 Å². The molecular formula is C19H19F4N2O2+. The Bertz CT molecular complexity index is 819. The predicted octanol–water partition coefficient (Wildman–Crippen LogP) is 3.43. The van der Waals surface area contributed by atoms with Crippen molar-refractivity contribution in [3.05, 3.63) is 59.9 Å². The van der Waals surface area contributed by atoms with Crippen LogP contribution in [0.2, 0.25) is 0 Å². The lowest BCUT2D eigenvalue weighted by Crippen LogP contribution is -2.45. The Morgan fingerprint density at radius 3 is 2.30 bits per heavy atom. The largest absolute Gasteiger partial charge is 0.573 e. The van der Waals surface area contributed by atoms with Crippen LogP contribution in [0.25, 0.3) is 0 Å². The summed E-state index contributed by atoms with van der Waals surface area (Å²) in [4.78, 5) is 13.7. The fourth-order valence-electron chi connectivity index (χ4n) is 2.77. The zero-order valence-electron chi connectivity index (χ0n) is 14.8. The fraction of sp³-hybridized carbons (Fsp3) is 0.263. The molecule has 2 aromatic rings. The maximum atomic E-state index is 13.5. The Kier molecular flexibility index (Phi) is 6.20. The molecule has 0 aromatic heterocycles. The van der Waals surface area contributed by atoms with Gasteiger partial charge in [0.15, 0.2) is 0 Å². The van der Waals surface area contributed by atoms with Crippen molar-refractivity contribution in [2.75, 3.05) is 4.90 Å². The number of halogens is 4. The molecule has 4 nitrogen and oxygen atoms in total. The Morgan fingerprint density at radius 2 is 1.74 bits per heavy atom. The van der Waals surface area contributed by atoms with Crippen LogP contribution in [-0.2, 0) is 4.79 Å². The van der Waals surface area contributed by atoms with E-state index in [9.17, 15) is 22.4 Å². The normalized spacial score (nSPS) is 16.8. The van der Waals surface area contributed by atoms with Crippen LogP contribution in [0.3, 0.4) is 0 Å². The lowest BCUT2D eigenvalue weighted by Gasteiger charge is -2.24. The van der Waals surface area contributed by atoms with Gasteiger partial charge >= 0.3 is 12.3 Å². The van der Waals surface area contributed by atoms with Gasteiger partial charge in [-0.1, -0.05) is 26.0 Å². The third kappa shape index (κ3) is 4.84. The molecule has 2 N–H and O–H groups in total. The molecule has 0 bridgehead atoms. The van der Waals surface area contributed by atoms with Gasteiger partial charge in [0.2, 0.25) is 5.71 Å². The van der Waals surface area contributed by atoms with E-state index >= 15 is 0 Å². The maximum absolute atomic E-state index is 13.5. The topological polar surface area (TPSA) is 55.1 Å². The van der Waals surface area contributed by atoms with Crippen molar-refractivity contribution >= 4 is 17.3 Å². The summed E-state index contributed by atoms with van der Waals surface area (Å²) in [5.41, 5.74) is 0.989. The number of hydrogen-bond donors (Lipinski definition) is 1. The van der Waals surface area contributed by atoms with Crippen LogP contribution in [0, 0.1) is 5.82 Å². The number of rotatable bonds is 3. The second-order valence-corrected chi connectivity index (χ2v) is 5.52. The molecule has 0 radical (unpaired) electrons. The van der Waals surface area contributed by atoms with E-state index in [0.717, 1.165) is 12.1 Å². The molecule has 3 rings (SSSR count). The molecule has 8 heteroatoms. The standard InChI is InChI=1S/C17H12F4N2O2.C2H6/c18-11-3-1-2-10(8-11)15-9-14(22)16(24)23(15)12-4-6-13(7-5-12)25-17(19,20)21;1-2/h1-8,15,22H,9H2;1-2H3/p+1. The molecule has 144 valence electrons. The highest BCUT2D eigenvalue weighted by molar-refractivity contribution is 6.44. The molecule has 1 aliphatic heterocycles. The van der Waals surface area contributed by atoms with Gasteiger partial charge in [0.05, 0.1) is 12.5 Å². The minimum Gasteiger partial charge on any atom is -0.406 e. The number of amides is 1. The zero-order valence-corrected chi connectivity index (χ0v) is 14.8. The predicted molar refractivity (Wildman–Crippen MR) is 92.6 cm³/mol. The van der Waals surface area contributed by atoms with E-state index in [0.29, 0.717) is 11.3 Å². The molecule has 0 spiro atoms. The van der Waals surface area contributed by atoms with Gasteiger partial charge in [-0.3, -0.25) is 15.1 Å². The van der Waals surface area contributed by atoms with Crippen LogP contribution in [0.1, 0.15) is 31.9 Å². The minimum absolute atomic E-state index is 0.102. The van der Waals surface area contributed by atoms with Crippen LogP contribution in [0.15, 0.2) is 48.5 Å². The molecule has 0 saturated carbocycles. The third-order valence-corrected chi connectivity index (χ3v) is 3.80. The molecule has 1 fully saturated rings. The minimum atomic E-state index is -4.80. The second-order valence-electron chi connectivity index (χ2n) is 5.52. The summed E-state index contributed by atoms with van der Waals surface area (Å²) in [6.07, 6.45) is -4.60. The fourth-order valence-corrected chi connectivity index (χ4v) is 2.77. The maximum Gasteiger partial charge on any atom is 0.573 e. The number of nitrogens with zero attached hydrogens (tertiary/aromatic N) is 1. The summed E-state index contributed by atoms with van der Waals surface area (Å²) >= 11 is 0. The van der Waals surface area contributed by atoms with Crippen LogP contribution < -0.4 is 15.0 Å². The summed E-state index contributed by atoms with van der Waals surface area (Å²) in [7, 11) is 0. The average molecular weight is 383 g/mol. The van der Waals surface area contributed by atoms with E-state index in [2.05, 4.69) is 4.74 Å². The highest BCUT2D eigenvalue weighted by atomic mass is 19.4. The highest BCUT2D eigenvalue weighted by Crippen LogP contribution is 2.36. The first-order chi connectivity index (χ1) is 12.7. The quantitative estimate of drug-likeness (QED) is 0.826. The van der Waals surface area contributed by atoms with E-state index in [1.165, 1.54) is 35.2 Å². The smallest absolute Gasteiger partial charge is 0.406 e. The van der Waals surface area contributed by atoms with Crippen molar-refractivity contribution in [2.45, 2.75) is 32.7 Å². The van der Waals surface area contributed by atoms with Crippen molar-refractivity contribution in [3.8, 4) is 5.75 Å². The number of nitrogens with two attached hydrogens (primary N) is 1. The summed E-state index contributed by atoms with van der Waals surface area (Å²) in [5.74, 6) is -1.31. The summed E-state index contributed by atoms with van der Waals surface area (Å²) in [6, 6.07) is 10.1. The van der Waals surface area contributed by atoms with E-state index in [-0.39, 0.29) is 12.1 Å². The van der Waals surface area contributed by atoms with Crippen LogP contribution in [-0.4, -0.2) is 18.0 Å². The van der Waals surface area contributed by atoms with Gasteiger partial charge in [-0.2, -0.15) is 0 Å². The summed E-state index contributed by atoms with van der Waals surface area (Å²) in [6.45, 7) is 4.00. The molecule has 27 heavy (non-hydrogen) atoms. The summed E-state index contributed by atoms with van der Waals surface area (Å²) < 4.78 is 54.0. The first-order valence-corrected chi connectivity index (χ1v) is 8.31. The lowest BCUT2D eigenvalue weighted by molar-refractivity contribution is -0.274. The average Bonchev–Trinajstić information content (AvgIpc) is 2.91. The number of alkyl halides is 3. The highest BCUT2D eigenvalue weighted by Gasteiger charge is 2.41. The third-order valence-electron chi connectivity index (χ3n) is 3.80. The van der Waals surface area contributed by atoms with Gasteiger partial charge < -0.3 is 4.74 Å². The number of benzene rings is 2. The Balaban J connectivity index is 0.00000126. The number of ether oxygens (including phenoxy) is 1. The molecule has 0 aliphatic carbocycles. The summed E-state index contributed by atoms with van der Waals surface area (Å²) in [5, 5.41) is 5.74. The van der Waals surface area contributed by atoms with Gasteiger partial charge in [-0.15, -0.1) is 13.2 Å². The van der Waals surface area contributed by atoms with Gasteiger partial charge in [-0.25, -0.2) is 4.39 Å². The molecule has 1 heterocycles. The first-order valence-electron chi connectivity index (χ1n) is 8.31. The number of hydrogen-bond acceptors (Lipinski definition) is 2. The Morgan fingerprint density at radius 1 is 1.11 bits per heavy atom. The molecule has 2 aromatic carbocycles. The van der Waals surface area contributed by atoms with Crippen LogP contribution >= 0.6 is 0 Å². The SMILES string of the molecule is CC.[NH2+]=C1CC(c2cccc(F)c2)N(c2ccc(OC(F)(F)F)cc2)C1=O. The van der Waals surface area contributed by atoms with Crippen LogP contribution in [0.5, 0.6) is 5.75 Å². The van der Waals surface area contributed by atoms with Gasteiger partial charge in [0, 0.05) is 5.69 Å². The Labute approximate surface area is 153 Å². The number of carbonyl (C=O) groups is 1. The molecule has 1 saturated heterocycles. The van der Waals surface area contributed by atoms with E-state index in [1.54, 1.807) is 6.07 Å². The Hall–Kier alpha value is -2.90. The van der Waals surface area contributed by atoms with Crippen molar-refractivity contribution in [2.24, 2.45) is 0 Å². The monoisotopic (exact) mass is 383 g/mol. The van der Waals surface area contributed by atoms with E-state index in [1.807, 2.05) is 13.8 Å². The lowest BCUT2D eigenvalue weighted by atomic mass is 10.0. The van der Waals surface area contributed by atoms with Crippen molar-refractivity contribution < 1.29 is 32.5 Å². The first kappa shape index (κ1) is 20.4. The zero-order chi connectivity index (χ0) is 20.2.